The number of anilines is 1. The van der Waals surface area contributed by atoms with E-state index < -0.39 is 23.6 Å². The zero-order valence-electron chi connectivity index (χ0n) is 13.5. The lowest BCUT2D eigenvalue weighted by Crippen LogP contribution is -2.35. The highest BCUT2D eigenvalue weighted by Crippen LogP contribution is 2.32. The Labute approximate surface area is 146 Å². The van der Waals surface area contributed by atoms with E-state index in [0.29, 0.717) is 11.3 Å². The number of hydrogen-bond acceptors (Lipinski definition) is 3. The number of carbonyl (C=O) groups excluding carboxylic acids is 2. The first-order valence-corrected chi connectivity index (χ1v) is 7.48. The maximum Gasteiger partial charge on any atom is 0.416 e. The molecule has 2 aromatic rings. The van der Waals surface area contributed by atoms with Gasteiger partial charge in [-0.25, -0.2) is 5.01 Å². The van der Waals surface area contributed by atoms with Crippen LogP contribution in [-0.2, 0) is 15.8 Å². The normalized spacial score (nSPS) is 16.2. The summed E-state index contributed by atoms with van der Waals surface area (Å²) in [7, 11) is 1.48. The molecule has 134 valence electrons. The molecule has 1 aliphatic heterocycles. The summed E-state index contributed by atoms with van der Waals surface area (Å²) in [5, 5.41) is 0.795. The Hall–Kier alpha value is -3.29. The van der Waals surface area contributed by atoms with E-state index >= 15 is 0 Å². The number of nitrogens with zero attached hydrogens (tertiary/aromatic N) is 1. The molecule has 1 aliphatic rings. The van der Waals surface area contributed by atoms with E-state index in [4.69, 9.17) is 4.74 Å². The highest BCUT2D eigenvalue weighted by Gasteiger charge is 2.36. The topological polar surface area (TPSA) is 58.6 Å². The monoisotopic (exact) mass is 362 g/mol. The molecule has 2 aromatic carbocycles. The van der Waals surface area contributed by atoms with Gasteiger partial charge in [-0.05, 0) is 42.0 Å². The van der Waals surface area contributed by atoms with Crippen LogP contribution in [0.1, 0.15) is 11.1 Å². The predicted molar refractivity (Wildman–Crippen MR) is 88.0 cm³/mol. The summed E-state index contributed by atoms with van der Waals surface area (Å²) in [6.45, 7) is 0. The third-order valence-corrected chi connectivity index (χ3v) is 3.73. The molecule has 0 spiro atoms. The largest absolute Gasteiger partial charge is 0.497 e. The Balaban J connectivity index is 1.93. The van der Waals surface area contributed by atoms with Gasteiger partial charge in [-0.1, -0.05) is 18.2 Å². The zero-order chi connectivity index (χ0) is 18.9. The molecule has 3 rings (SSSR count). The molecule has 0 radical (unpaired) electrons. The van der Waals surface area contributed by atoms with Gasteiger partial charge in [0.05, 0.1) is 18.4 Å². The number of carbonyl (C=O) groups is 2. The zero-order valence-corrected chi connectivity index (χ0v) is 13.5. The molecule has 1 saturated heterocycles. The average molecular weight is 362 g/mol. The SMILES string of the molecule is COc1cccc(C=C2C(=O)NN(c3cccc(C(F)(F)F)c3)C2=O)c1. The van der Waals surface area contributed by atoms with E-state index in [-0.39, 0.29) is 11.3 Å². The van der Waals surface area contributed by atoms with Crippen LogP contribution in [0.3, 0.4) is 0 Å². The van der Waals surface area contributed by atoms with Crippen LogP contribution in [0.25, 0.3) is 6.08 Å². The van der Waals surface area contributed by atoms with Crippen LogP contribution in [-0.4, -0.2) is 18.9 Å². The summed E-state index contributed by atoms with van der Waals surface area (Å²) >= 11 is 0. The lowest BCUT2D eigenvalue weighted by Gasteiger charge is -2.16. The van der Waals surface area contributed by atoms with Crippen molar-refractivity contribution in [3.63, 3.8) is 0 Å². The fourth-order valence-electron chi connectivity index (χ4n) is 2.46. The van der Waals surface area contributed by atoms with Crippen LogP contribution < -0.4 is 15.2 Å². The Bertz CT molecular complexity index is 907. The van der Waals surface area contributed by atoms with Crippen LogP contribution in [0.2, 0.25) is 0 Å². The van der Waals surface area contributed by atoms with Crippen LogP contribution >= 0.6 is 0 Å². The summed E-state index contributed by atoms with van der Waals surface area (Å²) < 4.78 is 43.6. The molecule has 0 bridgehead atoms. The molecular formula is C18H13F3N2O3. The van der Waals surface area contributed by atoms with Crippen molar-refractivity contribution in [3.8, 4) is 5.75 Å². The molecular weight excluding hydrogens is 349 g/mol. The van der Waals surface area contributed by atoms with Crippen molar-refractivity contribution in [2.45, 2.75) is 6.18 Å². The maximum atomic E-state index is 12.9. The van der Waals surface area contributed by atoms with Crippen molar-refractivity contribution < 1.29 is 27.5 Å². The molecule has 0 atom stereocenters. The summed E-state index contributed by atoms with van der Waals surface area (Å²) in [6.07, 6.45) is -3.20. The lowest BCUT2D eigenvalue weighted by molar-refractivity contribution is -0.137. The Morgan fingerprint density at radius 3 is 2.50 bits per heavy atom. The number of amides is 2. The number of alkyl halides is 3. The Kier molecular flexibility index (Phi) is 4.41. The fourth-order valence-corrected chi connectivity index (χ4v) is 2.46. The standard InChI is InChI=1S/C18H13F3N2O3/c1-26-14-7-2-4-11(8-14)9-15-16(24)22-23(17(15)25)13-6-3-5-12(10-13)18(19,20)21/h2-10H,1H3,(H,22,24). The number of methoxy groups -OCH3 is 1. The molecule has 0 aliphatic carbocycles. The molecule has 1 N–H and O–H groups in total. The van der Waals surface area contributed by atoms with E-state index in [1.165, 1.54) is 25.3 Å². The number of hydrazine groups is 1. The first-order valence-electron chi connectivity index (χ1n) is 7.48. The number of ether oxygens (including phenoxy) is 1. The van der Waals surface area contributed by atoms with Gasteiger partial charge in [-0.3, -0.25) is 15.0 Å². The minimum atomic E-state index is -4.55. The van der Waals surface area contributed by atoms with E-state index in [0.717, 1.165) is 17.1 Å². The number of benzene rings is 2. The molecule has 0 aromatic heterocycles. The van der Waals surface area contributed by atoms with Gasteiger partial charge in [0.2, 0.25) is 0 Å². The Morgan fingerprint density at radius 2 is 1.81 bits per heavy atom. The van der Waals surface area contributed by atoms with Crippen molar-refractivity contribution in [3.05, 3.63) is 65.2 Å². The van der Waals surface area contributed by atoms with Crippen LogP contribution in [0.5, 0.6) is 5.75 Å². The molecule has 0 unspecified atom stereocenters. The number of hydrogen-bond donors (Lipinski definition) is 1. The number of rotatable bonds is 3. The van der Waals surface area contributed by atoms with Gasteiger partial charge in [-0.15, -0.1) is 0 Å². The van der Waals surface area contributed by atoms with Crippen molar-refractivity contribution in [1.82, 2.24) is 5.43 Å². The number of halogens is 3. The van der Waals surface area contributed by atoms with Crippen molar-refractivity contribution >= 4 is 23.6 Å². The third kappa shape index (κ3) is 3.39. The quantitative estimate of drug-likeness (QED) is 0.674. The fraction of sp³-hybridized carbons (Fsp3) is 0.111. The van der Waals surface area contributed by atoms with E-state index in [2.05, 4.69) is 5.43 Å². The van der Waals surface area contributed by atoms with Gasteiger partial charge in [0.15, 0.2) is 0 Å². The molecule has 1 heterocycles. The summed E-state index contributed by atoms with van der Waals surface area (Å²) in [5.41, 5.74) is 1.65. The van der Waals surface area contributed by atoms with Gasteiger partial charge in [0, 0.05) is 0 Å². The summed E-state index contributed by atoms with van der Waals surface area (Å²) in [5.74, 6) is -0.896. The first-order chi connectivity index (χ1) is 12.3. The summed E-state index contributed by atoms with van der Waals surface area (Å²) in [6, 6.07) is 10.8. The Morgan fingerprint density at radius 1 is 1.08 bits per heavy atom. The van der Waals surface area contributed by atoms with Gasteiger partial charge in [-0.2, -0.15) is 13.2 Å². The molecule has 1 fully saturated rings. The predicted octanol–water partition coefficient (Wildman–Crippen LogP) is 3.18. The molecule has 2 amide bonds. The highest BCUT2D eigenvalue weighted by molar-refractivity contribution is 6.31. The minimum Gasteiger partial charge on any atom is -0.497 e. The summed E-state index contributed by atoms with van der Waals surface area (Å²) in [4.78, 5) is 24.6. The lowest BCUT2D eigenvalue weighted by atomic mass is 10.1. The third-order valence-electron chi connectivity index (χ3n) is 3.73. The second-order valence-electron chi connectivity index (χ2n) is 5.46. The molecule has 8 heteroatoms. The number of nitrogens with one attached hydrogen (secondary N) is 1. The second kappa shape index (κ2) is 6.55. The first kappa shape index (κ1) is 17.5. The van der Waals surface area contributed by atoms with Gasteiger partial charge < -0.3 is 4.74 Å². The van der Waals surface area contributed by atoms with Gasteiger partial charge >= 0.3 is 6.18 Å². The maximum absolute atomic E-state index is 12.9. The van der Waals surface area contributed by atoms with Crippen molar-refractivity contribution in [2.24, 2.45) is 0 Å². The van der Waals surface area contributed by atoms with Crippen LogP contribution in [0, 0.1) is 0 Å². The van der Waals surface area contributed by atoms with E-state index in [1.807, 2.05) is 0 Å². The van der Waals surface area contributed by atoms with Crippen LogP contribution in [0.15, 0.2) is 54.1 Å². The minimum absolute atomic E-state index is 0.0767. The van der Waals surface area contributed by atoms with Crippen LogP contribution in [0.4, 0.5) is 18.9 Å². The van der Waals surface area contributed by atoms with Crippen molar-refractivity contribution in [2.75, 3.05) is 12.1 Å². The molecule has 5 nitrogen and oxygen atoms in total. The molecule has 0 saturated carbocycles. The highest BCUT2D eigenvalue weighted by atomic mass is 19.4. The average Bonchev–Trinajstić information content (AvgIpc) is 2.89. The van der Waals surface area contributed by atoms with Gasteiger partial charge in [0.1, 0.15) is 11.3 Å². The smallest absolute Gasteiger partial charge is 0.416 e. The van der Waals surface area contributed by atoms with E-state index in [1.54, 1.807) is 24.3 Å². The molecule has 26 heavy (non-hydrogen) atoms. The van der Waals surface area contributed by atoms with Gasteiger partial charge in [0.25, 0.3) is 11.8 Å². The van der Waals surface area contributed by atoms with Crippen molar-refractivity contribution in [1.29, 1.82) is 0 Å². The second-order valence-corrected chi connectivity index (χ2v) is 5.46. The van der Waals surface area contributed by atoms with E-state index in [9.17, 15) is 22.8 Å².